The molecular weight excluding hydrogens is 432 g/mol. The maximum absolute atomic E-state index is 14.2. The van der Waals surface area contributed by atoms with Gasteiger partial charge in [0.2, 0.25) is 0 Å². The Morgan fingerprint density at radius 3 is 2.69 bits per heavy atom. The van der Waals surface area contributed by atoms with Crippen LogP contribution in [0.15, 0.2) is 47.6 Å². The van der Waals surface area contributed by atoms with Crippen molar-refractivity contribution in [2.45, 2.75) is 31.6 Å². The maximum Gasteiger partial charge on any atom is 0.191 e. The van der Waals surface area contributed by atoms with Gasteiger partial charge in [-0.25, -0.2) is 18.7 Å². The fourth-order valence-electron chi connectivity index (χ4n) is 3.37. The summed E-state index contributed by atoms with van der Waals surface area (Å²) in [6, 6.07) is 11.5. The van der Waals surface area contributed by atoms with E-state index in [4.69, 9.17) is 14.7 Å². The molecule has 0 amide bonds. The van der Waals surface area contributed by atoms with E-state index in [2.05, 4.69) is 17.6 Å². The molecule has 6 nitrogen and oxygen atoms in total. The highest BCUT2D eigenvalue weighted by Crippen LogP contribution is 2.38. The van der Waals surface area contributed by atoms with Crippen LogP contribution in [0.1, 0.15) is 24.5 Å². The minimum atomic E-state index is -0.586. The van der Waals surface area contributed by atoms with E-state index in [0.29, 0.717) is 35.6 Å². The first-order valence-electron chi connectivity index (χ1n) is 10.4. The molecule has 0 spiro atoms. The Hall–Kier alpha value is -3.07. The van der Waals surface area contributed by atoms with Gasteiger partial charge in [-0.2, -0.15) is 0 Å². The van der Waals surface area contributed by atoms with E-state index >= 15 is 0 Å². The normalized spacial score (nSPS) is 12.4. The number of nitrogens with one attached hydrogen (secondary N) is 2. The fourth-order valence-corrected chi connectivity index (χ4v) is 4.06. The average Bonchev–Trinajstić information content (AvgIpc) is 3.21. The van der Waals surface area contributed by atoms with E-state index in [9.17, 15) is 8.78 Å². The summed E-state index contributed by atoms with van der Waals surface area (Å²) < 4.78 is 32.7. The predicted octanol–water partition coefficient (Wildman–Crippen LogP) is 5.27. The molecule has 3 aromatic rings. The average molecular weight is 458 g/mol. The molecule has 0 atom stereocenters. The van der Waals surface area contributed by atoms with Crippen molar-refractivity contribution >= 4 is 29.1 Å². The summed E-state index contributed by atoms with van der Waals surface area (Å²) >= 11 is 1.58. The van der Waals surface area contributed by atoms with Crippen molar-refractivity contribution in [1.29, 1.82) is 0 Å². The number of thioether (sulfide) groups is 1. The molecule has 4 rings (SSSR count). The van der Waals surface area contributed by atoms with Gasteiger partial charge in [0.25, 0.3) is 0 Å². The standard InChI is InChI=1S/C23H25F2N5OS/c1-3-10-32-23-28-21(26-12-15-4-8-18(31-2)9-5-15)20-22(29-23)30(14-27-20)13-16-6-7-17(24)11-19(16)25/h4-9,11,27H,3,10,12-14H2,1-2H3,(H,26,28,29). The number of hydrogen-bond acceptors (Lipinski definition) is 7. The molecule has 2 N–H and O–H groups in total. The fraction of sp³-hybridized carbons (Fsp3) is 0.304. The van der Waals surface area contributed by atoms with Gasteiger partial charge in [0.15, 0.2) is 16.8 Å². The zero-order valence-electron chi connectivity index (χ0n) is 18.0. The number of rotatable bonds is 9. The quantitative estimate of drug-likeness (QED) is 0.335. The molecule has 2 heterocycles. The number of nitrogens with zero attached hydrogens (tertiary/aromatic N) is 3. The molecule has 0 unspecified atom stereocenters. The minimum Gasteiger partial charge on any atom is -0.497 e. The molecule has 0 saturated heterocycles. The van der Waals surface area contributed by atoms with Gasteiger partial charge >= 0.3 is 0 Å². The number of hydrogen-bond donors (Lipinski definition) is 2. The van der Waals surface area contributed by atoms with Crippen molar-refractivity contribution in [2.24, 2.45) is 0 Å². The second-order valence-corrected chi connectivity index (χ2v) is 8.43. The van der Waals surface area contributed by atoms with Gasteiger partial charge in [-0.3, -0.25) is 0 Å². The first-order chi connectivity index (χ1) is 15.6. The highest BCUT2D eigenvalue weighted by atomic mass is 32.2. The van der Waals surface area contributed by atoms with Crippen LogP contribution < -0.4 is 20.3 Å². The van der Waals surface area contributed by atoms with Crippen molar-refractivity contribution < 1.29 is 13.5 Å². The Balaban J connectivity index is 1.58. The molecule has 1 aromatic heterocycles. The van der Waals surface area contributed by atoms with Crippen molar-refractivity contribution in [3.05, 3.63) is 65.2 Å². The first-order valence-corrected chi connectivity index (χ1v) is 11.4. The molecule has 1 aliphatic heterocycles. The highest BCUT2D eigenvalue weighted by molar-refractivity contribution is 7.99. The van der Waals surface area contributed by atoms with Crippen LogP contribution in [0, 0.1) is 11.6 Å². The molecule has 1 aliphatic rings. The largest absolute Gasteiger partial charge is 0.497 e. The smallest absolute Gasteiger partial charge is 0.191 e. The minimum absolute atomic E-state index is 0.277. The highest BCUT2D eigenvalue weighted by Gasteiger charge is 2.26. The van der Waals surface area contributed by atoms with Gasteiger partial charge in [-0.05, 0) is 30.2 Å². The predicted molar refractivity (Wildman–Crippen MR) is 124 cm³/mol. The summed E-state index contributed by atoms with van der Waals surface area (Å²) in [6.45, 7) is 3.42. The number of benzene rings is 2. The Bertz CT molecular complexity index is 1080. The molecule has 0 bridgehead atoms. The summed E-state index contributed by atoms with van der Waals surface area (Å²) in [4.78, 5) is 11.4. The molecule has 0 radical (unpaired) electrons. The van der Waals surface area contributed by atoms with E-state index in [-0.39, 0.29) is 6.54 Å². The second kappa shape index (κ2) is 10.0. The van der Waals surface area contributed by atoms with Crippen LogP contribution in [0.25, 0.3) is 0 Å². The molecule has 9 heteroatoms. The van der Waals surface area contributed by atoms with Crippen molar-refractivity contribution in [1.82, 2.24) is 9.97 Å². The van der Waals surface area contributed by atoms with Gasteiger partial charge in [-0.15, -0.1) is 0 Å². The molecule has 32 heavy (non-hydrogen) atoms. The van der Waals surface area contributed by atoms with Gasteiger partial charge in [0.05, 0.1) is 13.8 Å². The third kappa shape index (κ3) is 5.04. The number of ether oxygens (including phenoxy) is 1. The Labute approximate surface area is 190 Å². The Morgan fingerprint density at radius 2 is 1.97 bits per heavy atom. The molecular formula is C23H25F2N5OS. The van der Waals surface area contributed by atoms with Crippen LogP contribution in [0.2, 0.25) is 0 Å². The van der Waals surface area contributed by atoms with Gasteiger partial charge in [0.1, 0.15) is 23.1 Å². The number of halogens is 2. The number of methoxy groups -OCH3 is 1. The van der Waals surface area contributed by atoms with Crippen LogP contribution >= 0.6 is 11.8 Å². The lowest BCUT2D eigenvalue weighted by Gasteiger charge is -2.18. The molecule has 0 aliphatic carbocycles. The van der Waals surface area contributed by atoms with Crippen LogP contribution in [-0.2, 0) is 13.1 Å². The first kappa shape index (κ1) is 22.1. The molecule has 0 saturated carbocycles. The number of aromatic nitrogens is 2. The third-order valence-corrected chi connectivity index (χ3v) is 6.10. The third-order valence-electron chi connectivity index (χ3n) is 5.05. The SMILES string of the molecule is CCCSc1nc(NCc2ccc(OC)cc2)c2c(n1)N(Cc1ccc(F)cc1F)CN2. The molecule has 2 aromatic carbocycles. The van der Waals surface area contributed by atoms with Gasteiger partial charge < -0.3 is 20.3 Å². The zero-order chi connectivity index (χ0) is 22.5. The monoisotopic (exact) mass is 457 g/mol. The Morgan fingerprint density at radius 1 is 1.16 bits per heavy atom. The van der Waals surface area contributed by atoms with Gasteiger partial charge in [-0.1, -0.05) is 36.9 Å². The van der Waals surface area contributed by atoms with E-state index < -0.39 is 11.6 Å². The lowest BCUT2D eigenvalue weighted by atomic mass is 10.2. The Kier molecular flexibility index (Phi) is 6.94. The summed E-state index contributed by atoms with van der Waals surface area (Å²) in [5.41, 5.74) is 2.28. The van der Waals surface area contributed by atoms with Crippen LogP contribution in [0.3, 0.4) is 0 Å². The lowest BCUT2D eigenvalue weighted by Crippen LogP contribution is -2.23. The van der Waals surface area contributed by atoms with Crippen molar-refractivity contribution in [3.63, 3.8) is 0 Å². The van der Waals surface area contributed by atoms with E-state index in [1.165, 1.54) is 12.1 Å². The van der Waals surface area contributed by atoms with Crippen LogP contribution in [0.5, 0.6) is 5.75 Å². The maximum atomic E-state index is 14.2. The van der Waals surface area contributed by atoms with Crippen molar-refractivity contribution in [2.75, 3.05) is 35.1 Å². The van der Waals surface area contributed by atoms with E-state index in [1.807, 2.05) is 29.2 Å². The van der Waals surface area contributed by atoms with E-state index in [1.54, 1.807) is 18.9 Å². The summed E-state index contributed by atoms with van der Waals surface area (Å²) in [6.07, 6.45) is 1.00. The van der Waals surface area contributed by atoms with E-state index in [0.717, 1.165) is 35.2 Å². The second-order valence-electron chi connectivity index (χ2n) is 7.37. The molecule has 0 fully saturated rings. The zero-order valence-corrected chi connectivity index (χ0v) is 18.8. The number of anilines is 3. The summed E-state index contributed by atoms with van der Waals surface area (Å²) in [7, 11) is 1.64. The van der Waals surface area contributed by atoms with Gasteiger partial charge in [0, 0.05) is 30.5 Å². The van der Waals surface area contributed by atoms with Crippen LogP contribution in [-0.4, -0.2) is 29.5 Å². The van der Waals surface area contributed by atoms with Crippen molar-refractivity contribution in [3.8, 4) is 5.75 Å². The van der Waals surface area contributed by atoms with Crippen LogP contribution in [0.4, 0.5) is 26.1 Å². The molecule has 168 valence electrons. The summed E-state index contributed by atoms with van der Waals surface area (Å²) in [5, 5.41) is 7.38. The summed E-state index contributed by atoms with van der Waals surface area (Å²) in [5.74, 6) is 1.96. The lowest BCUT2D eigenvalue weighted by molar-refractivity contribution is 0.414. The topological polar surface area (TPSA) is 62.3 Å². The number of fused-ring (bicyclic) bond motifs is 1.